The van der Waals surface area contributed by atoms with Gasteiger partial charge in [-0.15, -0.1) is 10.2 Å². The maximum atomic E-state index is 4.72. The van der Waals surface area contributed by atoms with Gasteiger partial charge in [0.05, 0.1) is 18.8 Å². The van der Waals surface area contributed by atoms with Crippen LogP contribution in [0.5, 0.6) is 0 Å². The molecular formula is C23H27N7S. The van der Waals surface area contributed by atoms with E-state index in [1.54, 1.807) is 11.8 Å². The molecule has 0 bridgehead atoms. The summed E-state index contributed by atoms with van der Waals surface area (Å²) < 4.78 is 4.32. The summed E-state index contributed by atoms with van der Waals surface area (Å²) in [4.78, 5) is 11.7. The fourth-order valence-electron chi connectivity index (χ4n) is 4.13. The summed E-state index contributed by atoms with van der Waals surface area (Å²) >= 11 is 1.69. The van der Waals surface area contributed by atoms with E-state index < -0.39 is 0 Å². The van der Waals surface area contributed by atoms with Crippen molar-refractivity contribution in [1.29, 1.82) is 0 Å². The largest absolute Gasteiger partial charge is 0.300 e. The van der Waals surface area contributed by atoms with Gasteiger partial charge in [0.2, 0.25) is 5.78 Å². The predicted octanol–water partition coefficient (Wildman–Crippen LogP) is 3.87. The molecule has 1 aliphatic rings. The summed E-state index contributed by atoms with van der Waals surface area (Å²) in [6, 6.07) is 12.6. The van der Waals surface area contributed by atoms with Gasteiger partial charge in [0.15, 0.2) is 5.16 Å². The van der Waals surface area contributed by atoms with Gasteiger partial charge < -0.3 is 4.57 Å². The van der Waals surface area contributed by atoms with Crippen molar-refractivity contribution >= 4 is 17.5 Å². The van der Waals surface area contributed by atoms with Crippen LogP contribution in [-0.2, 0) is 18.8 Å². The molecular weight excluding hydrogens is 406 g/mol. The van der Waals surface area contributed by atoms with Crippen molar-refractivity contribution in [3.05, 3.63) is 71.1 Å². The number of benzene rings is 1. The molecule has 1 aromatic carbocycles. The molecule has 160 valence electrons. The molecule has 0 atom stereocenters. The highest BCUT2D eigenvalue weighted by Crippen LogP contribution is 2.24. The van der Waals surface area contributed by atoms with Gasteiger partial charge in [0.25, 0.3) is 0 Å². The van der Waals surface area contributed by atoms with E-state index in [1.807, 2.05) is 6.92 Å². The number of aromatic nitrogens is 6. The fourth-order valence-corrected chi connectivity index (χ4v) is 4.97. The van der Waals surface area contributed by atoms with Gasteiger partial charge in [-0.1, -0.05) is 42.1 Å². The Bertz CT molecular complexity index is 1180. The number of likely N-dealkylation sites (tertiary alicyclic amines) is 1. The van der Waals surface area contributed by atoms with Crippen LogP contribution in [0.2, 0.25) is 0 Å². The lowest BCUT2D eigenvalue weighted by atomic mass is 10.2. The van der Waals surface area contributed by atoms with Crippen LogP contribution in [0.3, 0.4) is 0 Å². The zero-order valence-electron chi connectivity index (χ0n) is 18.0. The molecule has 0 spiro atoms. The summed E-state index contributed by atoms with van der Waals surface area (Å²) in [5.74, 6) is 2.53. The van der Waals surface area contributed by atoms with Crippen LogP contribution in [0.25, 0.3) is 5.78 Å². The van der Waals surface area contributed by atoms with Crippen molar-refractivity contribution in [2.45, 2.75) is 50.7 Å². The zero-order valence-corrected chi connectivity index (χ0v) is 18.8. The van der Waals surface area contributed by atoms with E-state index in [9.17, 15) is 0 Å². The predicted molar refractivity (Wildman–Crippen MR) is 122 cm³/mol. The van der Waals surface area contributed by atoms with Crippen LogP contribution < -0.4 is 0 Å². The number of thioether (sulfide) groups is 1. The highest BCUT2D eigenvalue weighted by molar-refractivity contribution is 7.98. The van der Waals surface area contributed by atoms with Gasteiger partial charge in [-0.2, -0.15) is 0 Å². The third-order valence-electron chi connectivity index (χ3n) is 5.70. The summed E-state index contributed by atoms with van der Waals surface area (Å²) in [7, 11) is 0. The first-order chi connectivity index (χ1) is 15.2. The van der Waals surface area contributed by atoms with Crippen molar-refractivity contribution in [2.24, 2.45) is 0 Å². The molecule has 5 rings (SSSR count). The number of imidazole rings is 1. The topological polar surface area (TPSA) is 64.1 Å². The van der Waals surface area contributed by atoms with Gasteiger partial charge in [-0.25, -0.2) is 9.97 Å². The minimum Gasteiger partial charge on any atom is -0.300 e. The smallest absolute Gasteiger partial charge is 0.234 e. The van der Waals surface area contributed by atoms with Crippen molar-refractivity contribution in [2.75, 3.05) is 13.1 Å². The Morgan fingerprint density at radius 2 is 1.77 bits per heavy atom. The van der Waals surface area contributed by atoms with E-state index >= 15 is 0 Å². The molecule has 0 saturated carbocycles. The molecule has 3 aromatic heterocycles. The molecule has 8 heteroatoms. The Kier molecular flexibility index (Phi) is 5.74. The summed E-state index contributed by atoms with van der Waals surface area (Å²) in [5.41, 5.74) is 4.40. The van der Waals surface area contributed by atoms with Crippen LogP contribution in [-0.4, -0.2) is 47.1 Å². The van der Waals surface area contributed by atoms with E-state index in [2.05, 4.69) is 78.6 Å². The summed E-state index contributed by atoms with van der Waals surface area (Å²) in [5, 5.41) is 10.1. The van der Waals surface area contributed by atoms with Crippen LogP contribution in [0, 0.1) is 13.8 Å². The average molecular weight is 434 g/mol. The highest BCUT2D eigenvalue weighted by Gasteiger charge is 2.19. The monoisotopic (exact) mass is 433 g/mol. The van der Waals surface area contributed by atoms with Gasteiger partial charge >= 0.3 is 0 Å². The minimum absolute atomic E-state index is 0.735. The molecule has 4 heterocycles. The van der Waals surface area contributed by atoms with E-state index in [4.69, 9.17) is 4.98 Å². The molecule has 0 amide bonds. The number of fused-ring (bicyclic) bond motifs is 1. The van der Waals surface area contributed by atoms with Crippen molar-refractivity contribution in [1.82, 2.24) is 34.0 Å². The summed E-state index contributed by atoms with van der Waals surface area (Å²) in [6.07, 6.45) is 4.62. The number of aryl methyl sites for hydroxylation is 2. The standard InChI is InChI=1S/C23H27N7S/c1-17-12-18(2)29-14-20(25-22(29)24-17)16-31-23-27-26-21(15-28-10-6-7-11-28)30(23)13-19-8-4-3-5-9-19/h3-5,8-9,12,14H,6-7,10-11,13,15-16H2,1-2H3. The summed E-state index contributed by atoms with van der Waals surface area (Å²) in [6.45, 7) is 8.02. The molecule has 0 unspecified atom stereocenters. The van der Waals surface area contributed by atoms with Gasteiger partial charge in [0, 0.05) is 23.3 Å². The first-order valence-electron chi connectivity index (χ1n) is 10.8. The Morgan fingerprint density at radius 1 is 0.968 bits per heavy atom. The Hall–Kier alpha value is -2.71. The fraction of sp³-hybridized carbons (Fsp3) is 0.391. The molecule has 0 radical (unpaired) electrons. The second-order valence-corrected chi connectivity index (χ2v) is 9.13. The van der Waals surface area contributed by atoms with Crippen molar-refractivity contribution < 1.29 is 0 Å². The number of hydrogen-bond donors (Lipinski definition) is 0. The molecule has 1 fully saturated rings. The minimum atomic E-state index is 0.735. The lowest BCUT2D eigenvalue weighted by Gasteiger charge is -2.16. The van der Waals surface area contributed by atoms with Gasteiger partial charge in [0.1, 0.15) is 5.82 Å². The number of rotatable bonds is 7. The molecule has 4 aromatic rings. The average Bonchev–Trinajstić information content (AvgIpc) is 3.49. The van der Waals surface area contributed by atoms with Gasteiger partial charge in [-0.3, -0.25) is 9.30 Å². The normalized spacial score (nSPS) is 14.6. The van der Waals surface area contributed by atoms with E-state index in [0.717, 1.165) is 65.8 Å². The Morgan fingerprint density at radius 3 is 2.58 bits per heavy atom. The Labute approximate surface area is 186 Å². The van der Waals surface area contributed by atoms with E-state index in [-0.39, 0.29) is 0 Å². The molecule has 31 heavy (non-hydrogen) atoms. The molecule has 0 N–H and O–H groups in total. The third kappa shape index (κ3) is 4.50. The Balaban J connectivity index is 1.38. The van der Waals surface area contributed by atoms with E-state index in [1.165, 1.54) is 18.4 Å². The SMILES string of the molecule is Cc1cc(C)n2cc(CSc3nnc(CN4CCCC4)n3Cc3ccccc3)nc2n1. The third-order valence-corrected chi connectivity index (χ3v) is 6.70. The van der Waals surface area contributed by atoms with Crippen LogP contribution >= 0.6 is 11.8 Å². The van der Waals surface area contributed by atoms with Crippen LogP contribution in [0.1, 0.15) is 41.3 Å². The second kappa shape index (κ2) is 8.80. The molecule has 1 aliphatic heterocycles. The lowest BCUT2D eigenvalue weighted by molar-refractivity contribution is 0.316. The second-order valence-electron chi connectivity index (χ2n) is 8.18. The van der Waals surface area contributed by atoms with E-state index in [0.29, 0.717) is 0 Å². The quantitative estimate of drug-likeness (QED) is 0.412. The van der Waals surface area contributed by atoms with Crippen molar-refractivity contribution in [3.63, 3.8) is 0 Å². The molecule has 1 saturated heterocycles. The van der Waals surface area contributed by atoms with Crippen LogP contribution in [0.15, 0.2) is 47.8 Å². The zero-order chi connectivity index (χ0) is 21.2. The van der Waals surface area contributed by atoms with Crippen LogP contribution in [0.4, 0.5) is 0 Å². The lowest BCUT2D eigenvalue weighted by Crippen LogP contribution is -2.21. The maximum absolute atomic E-state index is 4.72. The van der Waals surface area contributed by atoms with Crippen molar-refractivity contribution in [3.8, 4) is 0 Å². The maximum Gasteiger partial charge on any atom is 0.234 e. The highest BCUT2D eigenvalue weighted by atomic mass is 32.2. The number of nitrogens with zero attached hydrogens (tertiary/aromatic N) is 7. The first-order valence-corrected chi connectivity index (χ1v) is 11.8. The number of hydrogen-bond acceptors (Lipinski definition) is 6. The molecule has 7 nitrogen and oxygen atoms in total. The first kappa shape index (κ1) is 20.2. The molecule has 0 aliphatic carbocycles. The van der Waals surface area contributed by atoms with Gasteiger partial charge in [-0.05, 0) is 51.4 Å².